The van der Waals surface area contributed by atoms with Gasteiger partial charge < -0.3 is 10.1 Å². The topological polar surface area (TPSA) is 39.1 Å². The maximum atomic E-state index is 5.82. The molecule has 2 aromatic rings. The fourth-order valence-electron chi connectivity index (χ4n) is 2.01. The average Bonchev–Trinajstić information content (AvgIpc) is 2.73. The van der Waals surface area contributed by atoms with Crippen molar-refractivity contribution in [1.29, 1.82) is 0 Å². The van der Waals surface area contributed by atoms with Gasteiger partial charge in [-0.15, -0.1) is 0 Å². The lowest BCUT2D eigenvalue weighted by atomic mass is 10.1. The molecule has 1 heterocycles. The van der Waals surface area contributed by atoms with E-state index in [4.69, 9.17) is 4.74 Å². The fourth-order valence-corrected chi connectivity index (χ4v) is 2.55. The van der Waals surface area contributed by atoms with Crippen LogP contribution in [0, 0.1) is 6.92 Å². The molecule has 0 aliphatic carbocycles. The van der Waals surface area contributed by atoms with Gasteiger partial charge in [-0.3, -0.25) is 0 Å². The number of nitrogens with zero attached hydrogens (tertiary/aromatic N) is 2. The molecule has 0 saturated heterocycles. The van der Waals surface area contributed by atoms with Crippen LogP contribution in [0.15, 0.2) is 28.7 Å². The Balaban J connectivity index is 1.99. The molecule has 0 radical (unpaired) electrons. The predicted octanol–water partition coefficient (Wildman–Crippen LogP) is 3.57. The zero-order valence-corrected chi connectivity index (χ0v) is 14.6. The number of aromatic nitrogens is 2. The van der Waals surface area contributed by atoms with Crippen molar-refractivity contribution in [3.63, 3.8) is 0 Å². The third-order valence-corrected chi connectivity index (χ3v) is 3.90. The molecular weight excluding hydrogens is 330 g/mol. The number of hydrogen-bond donors (Lipinski definition) is 1. The number of halogens is 1. The summed E-state index contributed by atoms with van der Waals surface area (Å²) in [6.45, 7) is 7.65. The second-order valence-electron chi connectivity index (χ2n) is 5.50. The second-order valence-corrected chi connectivity index (χ2v) is 6.35. The molecule has 0 fully saturated rings. The highest BCUT2D eigenvalue weighted by atomic mass is 79.9. The normalized spacial score (nSPS) is 11.1. The van der Waals surface area contributed by atoms with Crippen LogP contribution in [0.25, 0.3) is 0 Å². The van der Waals surface area contributed by atoms with Crippen molar-refractivity contribution in [1.82, 2.24) is 15.1 Å². The second kappa shape index (κ2) is 7.09. The Morgan fingerprint density at radius 1 is 1.33 bits per heavy atom. The summed E-state index contributed by atoms with van der Waals surface area (Å²) in [4.78, 5) is 0. The van der Waals surface area contributed by atoms with Gasteiger partial charge in [-0.2, -0.15) is 5.10 Å². The molecule has 0 spiro atoms. The van der Waals surface area contributed by atoms with Gasteiger partial charge in [-0.05, 0) is 18.6 Å². The summed E-state index contributed by atoms with van der Waals surface area (Å²) in [6.07, 6.45) is 0. The quantitative estimate of drug-likeness (QED) is 0.864. The summed E-state index contributed by atoms with van der Waals surface area (Å²) < 4.78 is 8.65. The molecule has 2 rings (SSSR count). The van der Waals surface area contributed by atoms with Gasteiger partial charge in [0.2, 0.25) is 5.88 Å². The molecule has 0 bridgehead atoms. The summed E-state index contributed by atoms with van der Waals surface area (Å²) in [5.41, 5.74) is 3.35. The van der Waals surface area contributed by atoms with E-state index >= 15 is 0 Å². The van der Waals surface area contributed by atoms with Crippen LogP contribution in [-0.4, -0.2) is 15.8 Å². The molecule has 5 heteroatoms. The van der Waals surface area contributed by atoms with Crippen LogP contribution < -0.4 is 10.1 Å². The molecule has 4 nitrogen and oxygen atoms in total. The van der Waals surface area contributed by atoms with E-state index < -0.39 is 0 Å². The standard InChI is InChI=1S/C16H22BrN3O/c1-11(2)18-9-13-5-6-14(15(17)8-13)10-21-16-7-12(3)19-20(16)4/h5-8,11,18H,9-10H2,1-4H3. The first kappa shape index (κ1) is 16.0. The summed E-state index contributed by atoms with van der Waals surface area (Å²) in [5.74, 6) is 0.782. The summed E-state index contributed by atoms with van der Waals surface area (Å²) in [7, 11) is 1.89. The number of nitrogens with one attached hydrogen (secondary N) is 1. The molecule has 114 valence electrons. The molecular formula is C16H22BrN3O. The van der Waals surface area contributed by atoms with E-state index in [-0.39, 0.29) is 0 Å². The van der Waals surface area contributed by atoms with Crippen LogP contribution in [0.2, 0.25) is 0 Å². The lowest BCUT2D eigenvalue weighted by molar-refractivity contribution is 0.278. The van der Waals surface area contributed by atoms with Crippen molar-refractivity contribution in [2.24, 2.45) is 7.05 Å². The van der Waals surface area contributed by atoms with E-state index in [1.807, 2.05) is 20.0 Å². The molecule has 21 heavy (non-hydrogen) atoms. The van der Waals surface area contributed by atoms with Gasteiger partial charge in [-0.25, -0.2) is 4.68 Å². The van der Waals surface area contributed by atoms with Crippen LogP contribution in [0.5, 0.6) is 5.88 Å². The number of rotatable bonds is 6. The zero-order chi connectivity index (χ0) is 15.4. The minimum atomic E-state index is 0.486. The van der Waals surface area contributed by atoms with E-state index in [0.29, 0.717) is 12.6 Å². The third-order valence-electron chi connectivity index (χ3n) is 3.17. The predicted molar refractivity (Wildman–Crippen MR) is 88.4 cm³/mol. The van der Waals surface area contributed by atoms with Gasteiger partial charge in [0.15, 0.2) is 0 Å². The monoisotopic (exact) mass is 351 g/mol. The van der Waals surface area contributed by atoms with Gasteiger partial charge in [0, 0.05) is 35.7 Å². The highest BCUT2D eigenvalue weighted by Crippen LogP contribution is 2.21. The first-order valence-electron chi connectivity index (χ1n) is 7.10. The third kappa shape index (κ3) is 4.58. The Bertz CT molecular complexity index is 608. The highest BCUT2D eigenvalue weighted by molar-refractivity contribution is 9.10. The van der Waals surface area contributed by atoms with Crippen molar-refractivity contribution in [2.45, 2.75) is 40.0 Å². The molecule has 0 saturated carbocycles. The van der Waals surface area contributed by atoms with Crippen LogP contribution in [0.4, 0.5) is 0 Å². The molecule has 0 amide bonds. The smallest absolute Gasteiger partial charge is 0.212 e. The molecule has 0 aliphatic heterocycles. The minimum Gasteiger partial charge on any atom is -0.473 e. The van der Waals surface area contributed by atoms with Gasteiger partial charge in [0.25, 0.3) is 0 Å². The Morgan fingerprint density at radius 3 is 2.67 bits per heavy atom. The van der Waals surface area contributed by atoms with Crippen molar-refractivity contribution >= 4 is 15.9 Å². The molecule has 1 N–H and O–H groups in total. The Hall–Kier alpha value is -1.33. The lowest BCUT2D eigenvalue weighted by Gasteiger charge is -2.11. The Morgan fingerprint density at radius 2 is 2.10 bits per heavy atom. The molecule has 1 aromatic heterocycles. The van der Waals surface area contributed by atoms with Crippen LogP contribution in [0.1, 0.15) is 30.7 Å². The lowest BCUT2D eigenvalue weighted by Crippen LogP contribution is -2.21. The summed E-state index contributed by atoms with van der Waals surface area (Å²) in [6, 6.07) is 8.80. The van der Waals surface area contributed by atoms with E-state index in [1.54, 1.807) is 4.68 Å². The number of hydrogen-bond acceptors (Lipinski definition) is 3. The molecule has 1 aromatic carbocycles. The maximum absolute atomic E-state index is 5.82. The van der Waals surface area contributed by atoms with E-state index in [1.165, 1.54) is 5.56 Å². The minimum absolute atomic E-state index is 0.486. The number of benzene rings is 1. The van der Waals surface area contributed by atoms with Crippen molar-refractivity contribution in [3.05, 3.63) is 45.6 Å². The van der Waals surface area contributed by atoms with E-state index in [2.05, 4.69) is 58.4 Å². The number of ether oxygens (including phenoxy) is 1. The fraction of sp³-hybridized carbons (Fsp3) is 0.438. The van der Waals surface area contributed by atoms with Gasteiger partial charge in [0.1, 0.15) is 6.61 Å². The molecule has 0 atom stereocenters. The largest absolute Gasteiger partial charge is 0.473 e. The highest BCUT2D eigenvalue weighted by Gasteiger charge is 2.06. The van der Waals surface area contributed by atoms with Crippen molar-refractivity contribution in [3.8, 4) is 5.88 Å². The van der Waals surface area contributed by atoms with Crippen LogP contribution in [-0.2, 0) is 20.2 Å². The van der Waals surface area contributed by atoms with Crippen LogP contribution in [0.3, 0.4) is 0 Å². The maximum Gasteiger partial charge on any atom is 0.212 e. The van der Waals surface area contributed by atoms with Crippen LogP contribution >= 0.6 is 15.9 Å². The van der Waals surface area contributed by atoms with Gasteiger partial charge >= 0.3 is 0 Å². The first-order chi connectivity index (χ1) is 9.95. The van der Waals surface area contributed by atoms with E-state index in [9.17, 15) is 0 Å². The van der Waals surface area contributed by atoms with Crippen molar-refractivity contribution in [2.75, 3.05) is 0 Å². The Labute approximate surface area is 134 Å². The first-order valence-corrected chi connectivity index (χ1v) is 7.89. The summed E-state index contributed by atoms with van der Waals surface area (Å²) >= 11 is 3.62. The zero-order valence-electron chi connectivity index (χ0n) is 13.0. The van der Waals surface area contributed by atoms with E-state index in [0.717, 1.165) is 28.2 Å². The Kier molecular flexibility index (Phi) is 5.42. The SMILES string of the molecule is Cc1cc(OCc2ccc(CNC(C)C)cc2Br)n(C)n1. The van der Waals surface area contributed by atoms with Crippen molar-refractivity contribution < 1.29 is 4.74 Å². The molecule has 0 unspecified atom stereocenters. The average molecular weight is 352 g/mol. The summed E-state index contributed by atoms with van der Waals surface area (Å²) in [5, 5.41) is 7.69. The molecule has 0 aliphatic rings. The van der Waals surface area contributed by atoms with Gasteiger partial charge in [-0.1, -0.05) is 41.9 Å². The number of aryl methyl sites for hydroxylation is 2. The van der Waals surface area contributed by atoms with Gasteiger partial charge in [0.05, 0.1) is 5.69 Å².